The molecule has 0 radical (unpaired) electrons. The maximum absolute atomic E-state index is 12.0. The molecular weight excluding hydrogens is 296 g/mol. The predicted molar refractivity (Wildman–Crippen MR) is 90.3 cm³/mol. The Morgan fingerprint density at radius 3 is 2.45 bits per heavy atom. The van der Waals surface area contributed by atoms with Crippen LogP contribution in [0.25, 0.3) is 0 Å². The number of allylic oxidation sites excluding steroid dienone is 1. The van der Waals surface area contributed by atoms with Crippen LogP contribution in [0.2, 0.25) is 0 Å². The third-order valence-electron chi connectivity index (χ3n) is 4.36. The van der Waals surface area contributed by atoms with Crippen LogP contribution in [0.4, 0.5) is 0 Å². The molecule has 1 atom stereocenters. The van der Waals surface area contributed by atoms with Gasteiger partial charge in [0.05, 0.1) is 11.0 Å². The second kappa shape index (κ2) is 7.93. The van der Waals surface area contributed by atoms with Gasteiger partial charge in [0.25, 0.3) is 0 Å². The highest BCUT2D eigenvalue weighted by atomic mass is 32.2. The zero-order valence-electron chi connectivity index (χ0n) is 13.2. The van der Waals surface area contributed by atoms with Crippen molar-refractivity contribution in [2.75, 3.05) is 6.26 Å². The number of aryl methyl sites for hydroxylation is 1. The summed E-state index contributed by atoms with van der Waals surface area (Å²) >= 11 is 0. The third-order valence-corrected chi connectivity index (χ3v) is 5.62. The van der Waals surface area contributed by atoms with Crippen molar-refractivity contribution < 1.29 is 13.5 Å². The SMILES string of the molecule is CS(=O)(=O)/C(=C\C1CCCCC1)C(O)CCc1ccccc1. The smallest absolute Gasteiger partial charge is 0.173 e. The maximum Gasteiger partial charge on any atom is 0.173 e. The van der Waals surface area contributed by atoms with Crippen LogP contribution in [0.5, 0.6) is 0 Å². The normalized spacial score (nSPS) is 19.1. The standard InChI is InChI=1S/C18H26O3S/c1-22(20,21)18(14-16-10-6-3-7-11-16)17(19)13-12-15-8-4-2-5-9-15/h2,4-5,8-9,14,16-17,19H,3,6-7,10-13H2,1H3/b18-14-. The van der Waals surface area contributed by atoms with Crippen LogP contribution in [0, 0.1) is 5.92 Å². The maximum atomic E-state index is 12.0. The van der Waals surface area contributed by atoms with Crippen LogP contribution >= 0.6 is 0 Å². The molecule has 0 heterocycles. The van der Waals surface area contributed by atoms with Crippen molar-refractivity contribution in [3.05, 3.63) is 46.9 Å². The van der Waals surface area contributed by atoms with E-state index in [4.69, 9.17) is 0 Å². The molecule has 1 N–H and O–H groups in total. The summed E-state index contributed by atoms with van der Waals surface area (Å²) in [6.07, 6.45) is 8.84. The van der Waals surface area contributed by atoms with E-state index in [1.807, 2.05) is 36.4 Å². The first-order valence-electron chi connectivity index (χ1n) is 8.10. The molecular formula is C18H26O3S. The molecule has 1 aliphatic carbocycles. The van der Waals surface area contributed by atoms with Crippen molar-refractivity contribution in [2.24, 2.45) is 5.92 Å². The Balaban J connectivity index is 2.06. The van der Waals surface area contributed by atoms with E-state index >= 15 is 0 Å². The Labute approximate surface area is 134 Å². The first-order chi connectivity index (χ1) is 10.5. The van der Waals surface area contributed by atoms with E-state index in [9.17, 15) is 13.5 Å². The van der Waals surface area contributed by atoms with Gasteiger partial charge in [0.1, 0.15) is 0 Å². The zero-order chi connectivity index (χ0) is 16.0. The molecule has 1 aromatic carbocycles. The van der Waals surface area contributed by atoms with E-state index in [0.717, 1.165) is 31.2 Å². The van der Waals surface area contributed by atoms with Gasteiger partial charge in [-0.3, -0.25) is 0 Å². The second-order valence-corrected chi connectivity index (χ2v) is 8.30. The Bertz CT molecular complexity index is 584. The molecule has 0 spiro atoms. The summed E-state index contributed by atoms with van der Waals surface area (Å²) in [5.41, 5.74) is 1.12. The van der Waals surface area contributed by atoms with E-state index in [1.165, 1.54) is 12.7 Å². The van der Waals surface area contributed by atoms with Crippen LogP contribution in [-0.2, 0) is 16.3 Å². The van der Waals surface area contributed by atoms with Crippen LogP contribution in [0.15, 0.2) is 41.3 Å². The second-order valence-electron chi connectivity index (χ2n) is 6.28. The van der Waals surface area contributed by atoms with Gasteiger partial charge < -0.3 is 5.11 Å². The number of hydrogen-bond donors (Lipinski definition) is 1. The van der Waals surface area contributed by atoms with Crippen LogP contribution in [0.3, 0.4) is 0 Å². The van der Waals surface area contributed by atoms with E-state index in [-0.39, 0.29) is 4.91 Å². The number of sulfone groups is 1. The molecule has 1 aliphatic rings. The lowest BCUT2D eigenvalue weighted by atomic mass is 9.88. The van der Waals surface area contributed by atoms with Crippen molar-refractivity contribution in [3.8, 4) is 0 Å². The lowest BCUT2D eigenvalue weighted by Crippen LogP contribution is -2.20. The molecule has 1 unspecified atom stereocenters. The molecule has 2 rings (SSSR count). The highest BCUT2D eigenvalue weighted by Gasteiger charge is 2.23. The summed E-state index contributed by atoms with van der Waals surface area (Å²) in [5, 5.41) is 10.4. The Hall–Kier alpha value is -1.13. The Kier molecular flexibility index (Phi) is 6.21. The van der Waals surface area contributed by atoms with Gasteiger partial charge in [0, 0.05) is 6.26 Å². The van der Waals surface area contributed by atoms with Crippen molar-refractivity contribution in [2.45, 2.75) is 51.0 Å². The fourth-order valence-corrected chi connectivity index (χ4v) is 4.16. The van der Waals surface area contributed by atoms with E-state index in [2.05, 4.69) is 0 Å². The summed E-state index contributed by atoms with van der Waals surface area (Å²) in [6, 6.07) is 9.86. The topological polar surface area (TPSA) is 54.4 Å². The number of hydrogen-bond acceptors (Lipinski definition) is 3. The molecule has 0 aliphatic heterocycles. The van der Waals surface area contributed by atoms with E-state index in [0.29, 0.717) is 18.8 Å². The summed E-state index contributed by atoms with van der Waals surface area (Å²) < 4.78 is 24.1. The van der Waals surface area contributed by atoms with E-state index < -0.39 is 15.9 Å². The lowest BCUT2D eigenvalue weighted by Gasteiger charge is -2.21. The van der Waals surface area contributed by atoms with Crippen molar-refractivity contribution in [3.63, 3.8) is 0 Å². The van der Waals surface area contributed by atoms with Crippen molar-refractivity contribution in [1.82, 2.24) is 0 Å². The molecule has 122 valence electrons. The average molecular weight is 322 g/mol. The predicted octanol–water partition coefficient (Wildman–Crippen LogP) is 3.49. The highest BCUT2D eigenvalue weighted by Crippen LogP contribution is 2.28. The molecule has 1 saturated carbocycles. The first kappa shape index (κ1) is 17.2. The minimum absolute atomic E-state index is 0.218. The minimum atomic E-state index is -3.36. The summed E-state index contributed by atoms with van der Waals surface area (Å²) in [4.78, 5) is 0.218. The van der Waals surface area contributed by atoms with Gasteiger partial charge >= 0.3 is 0 Å². The summed E-state index contributed by atoms with van der Waals surface area (Å²) in [7, 11) is -3.36. The Morgan fingerprint density at radius 2 is 1.86 bits per heavy atom. The molecule has 1 aromatic rings. The average Bonchev–Trinajstić information content (AvgIpc) is 2.51. The minimum Gasteiger partial charge on any atom is -0.388 e. The number of rotatable bonds is 6. The zero-order valence-corrected chi connectivity index (χ0v) is 14.1. The number of aliphatic hydroxyl groups excluding tert-OH is 1. The molecule has 22 heavy (non-hydrogen) atoms. The van der Waals surface area contributed by atoms with Gasteiger partial charge in [-0.15, -0.1) is 0 Å². The van der Waals surface area contributed by atoms with E-state index in [1.54, 1.807) is 0 Å². The third kappa shape index (κ3) is 5.25. The first-order valence-corrected chi connectivity index (χ1v) is 9.99. The van der Waals surface area contributed by atoms with Crippen LogP contribution in [0.1, 0.15) is 44.1 Å². The van der Waals surface area contributed by atoms with Gasteiger partial charge in [-0.05, 0) is 37.2 Å². The van der Waals surface area contributed by atoms with Gasteiger partial charge in [-0.2, -0.15) is 0 Å². The molecule has 0 amide bonds. The largest absolute Gasteiger partial charge is 0.388 e. The molecule has 0 saturated heterocycles. The van der Waals surface area contributed by atoms with Crippen LogP contribution < -0.4 is 0 Å². The Morgan fingerprint density at radius 1 is 1.23 bits per heavy atom. The van der Waals surface area contributed by atoms with Gasteiger partial charge in [0.15, 0.2) is 9.84 Å². The summed E-state index contributed by atoms with van der Waals surface area (Å²) in [5.74, 6) is 0.296. The van der Waals surface area contributed by atoms with Crippen LogP contribution in [-0.4, -0.2) is 25.9 Å². The van der Waals surface area contributed by atoms with Gasteiger partial charge in [-0.25, -0.2) is 8.42 Å². The monoisotopic (exact) mass is 322 g/mol. The number of benzene rings is 1. The molecule has 3 nitrogen and oxygen atoms in total. The highest BCUT2D eigenvalue weighted by molar-refractivity contribution is 7.94. The summed E-state index contributed by atoms with van der Waals surface area (Å²) in [6.45, 7) is 0. The van der Waals surface area contributed by atoms with Crippen molar-refractivity contribution >= 4 is 9.84 Å². The fourth-order valence-electron chi connectivity index (χ4n) is 3.11. The quantitative estimate of drug-likeness (QED) is 0.872. The number of aliphatic hydroxyl groups is 1. The lowest BCUT2D eigenvalue weighted by molar-refractivity contribution is 0.206. The molecule has 1 fully saturated rings. The van der Waals surface area contributed by atoms with Gasteiger partial charge in [-0.1, -0.05) is 55.7 Å². The molecule has 0 aromatic heterocycles. The van der Waals surface area contributed by atoms with Crippen molar-refractivity contribution in [1.29, 1.82) is 0 Å². The molecule has 4 heteroatoms. The van der Waals surface area contributed by atoms with Gasteiger partial charge in [0.2, 0.25) is 0 Å². The fraction of sp³-hybridized carbons (Fsp3) is 0.556. The molecule has 0 bridgehead atoms.